The molecule has 2 aliphatic carbocycles. The third kappa shape index (κ3) is 4.79. The second kappa shape index (κ2) is 9.43. The second-order valence-corrected chi connectivity index (χ2v) is 9.43. The molecule has 4 atom stereocenters. The van der Waals surface area contributed by atoms with E-state index in [9.17, 15) is 14.3 Å². The number of carbonyl (C=O) groups excluding carboxylic acids is 1. The van der Waals surface area contributed by atoms with Crippen LogP contribution in [0.4, 0.5) is 10.1 Å². The van der Waals surface area contributed by atoms with E-state index in [0.29, 0.717) is 11.4 Å². The topological polar surface area (TPSA) is 75.1 Å². The van der Waals surface area contributed by atoms with Crippen LogP contribution in [0.15, 0.2) is 30.6 Å². The lowest BCUT2D eigenvalue weighted by Gasteiger charge is -2.36. The van der Waals surface area contributed by atoms with Crippen LogP contribution in [0.2, 0.25) is 0 Å². The number of amides is 1. The lowest BCUT2D eigenvalue weighted by atomic mass is 9.72. The largest absolute Gasteiger partial charge is 0.393 e. The van der Waals surface area contributed by atoms with Crippen molar-refractivity contribution in [2.75, 3.05) is 5.32 Å². The van der Waals surface area contributed by atoms with Gasteiger partial charge in [-0.2, -0.15) is 0 Å². The van der Waals surface area contributed by atoms with E-state index >= 15 is 0 Å². The van der Waals surface area contributed by atoms with Crippen molar-refractivity contribution >= 4 is 11.6 Å². The highest BCUT2D eigenvalue weighted by Gasteiger charge is 2.33. The summed E-state index contributed by atoms with van der Waals surface area (Å²) in [5, 5.41) is 13.3. The van der Waals surface area contributed by atoms with E-state index < -0.39 is 0 Å². The smallest absolute Gasteiger partial charge is 0.274 e. The summed E-state index contributed by atoms with van der Waals surface area (Å²) in [6, 6.07) is 4.76. The van der Waals surface area contributed by atoms with Crippen molar-refractivity contribution in [2.24, 2.45) is 11.8 Å². The lowest BCUT2D eigenvalue weighted by Crippen LogP contribution is -2.33. The van der Waals surface area contributed by atoms with E-state index in [0.717, 1.165) is 44.1 Å². The molecule has 4 rings (SSSR count). The van der Waals surface area contributed by atoms with Crippen LogP contribution in [0.5, 0.6) is 0 Å². The summed E-state index contributed by atoms with van der Waals surface area (Å²) in [6.45, 7) is 4.14. The first-order valence-corrected chi connectivity index (χ1v) is 11.5. The number of hydrogen-bond donors (Lipinski definition) is 2. The van der Waals surface area contributed by atoms with Gasteiger partial charge in [-0.25, -0.2) is 9.37 Å². The van der Waals surface area contributed by atoms with Gasteiger partial charge in [0, 0.05) is 12.1 Å². The molecule has 2 aliphatic rings. The average Bonchev–Trinajstić information content (AvgIpc) is 2.78. The summed E-state index contributed by atoms with van der Waals surface area (Å²) >= 11 is 0. The fourth-order valence-corrected chi connectivity index (χ4v) is 5.39. The van der Waals surface area contributed by atoms with E-state index in [1.807, 2.05) is 6.07 Å². The van der Waals surface area contributed by atoms with E-state index in [4.69, 9.17) is 0 Å². The number of aliphatic hydroxyl groups is 1. The molecular formula is C25H32FN3O2. The lowest BCUT2D eigenvalue weighted by molar-refractivity contribution is 0.0252. The number of rotatable bonds is 4. The van der Waals surface area contributed by atoms with Crippen LogP contribution >= 0.6 is 0 Å². The quantitative estimate of drug-likeness (QED) is 0.685. The minimum absolute atomic E-state index is 0.0899. The van der Waals surface area contributed by atoms with E-state index in [-0.39, 0.29) is 47.2 Å². The fourth-order valence-electron chi connectivity index (χ4n) is 5.39. The number of carbonyl (C=O) groups is 1. The summed E-state index contributed by atoms with van der Waals surface area (Å²) in [5.74, 6) is 0.0554. The van der Waals surface area contributed by atoms with Crippen LogP contribution in [-0.4, -0.2) is 27.1 Å². The molecule has 2 aromatic heterocycles. The van der Waals surface area contributed by atoms with Crippen LogP contribution in [0.3, 0.4) is 0 Å². The molecule has 2 heterocycles. The van der Waals surface area contributed by atoms with Crippen LogP contribution in [0.1, 0.15) is 92.4 Å². The molecule has 31 heavy (non-hydrogen) atoms. The Morgan fingerprint density at radius 2 is 1.77 bits per heavy atom. The van der Waals surface area contributed by atoms with Gasteiger partial charge in [0.15, 0.2) is 0 Å². The molecule has 2 saturated carbocycles. The Hall–Kier alpha value is -2.34. The standard InChI is InChI=1S/C25H32FN3O2/c1-15-12-18(13-16(2)24(15)30)19-10-11-27-14-22(19)29-25(31)21-9-8-20(26)23(28-21)17-6-4-3-5-7-17/h8-11,14-18,24,30H,3-7,12-13H2,1-2H3,(H,29,31)/t15-,16+,18?,24?. The van der Waals surface area contributed by atoms with Gasteiger partial charge in [-0.3, -0.25) is 9.78 Å². The first-order chi connectivity index (χ1) is 14.9. The first-order valence-electron chi connectivity index (χ1n) is 11.5. The molecule has 0 saturated heterocycles. The third-order valence-electron chi connectivity index (χ3n) is 7.12. The minimum Gasteiger partial charge on any atom is -0.393 e. The number of nitrogens with zero attached hydrogens (tertiary/aromatic N) is 2. The van der Waals surface area contributed by atoms with Crippen molar-refractivity contribution in [3.05, 3.63) is 53.4 Å². The van der Waals surface area contributed by atoms with Gasteiger partial charge in [0.1, 0.15) is 11.5 Å². The summed E-state index contributed by atoms with van der Waals surface area (Å²) in [6.07, 6.45) is 10.0. The molecule has 0 bridgehead atoms. The molecule has 6 heteroatoms. The number of hydrogen-bond acceptors (Lipinski definition) is 4. The number of pyridine rings is 2. The zero-order valence-corrected chi connectivity index (χ0v) is 18.4. The van der Waals surface area contributed by atoms with Crippen molar-refractivity contribution in [3.63, 3.8) is 0 Å². The highest BCUT2D eigenvalue weighted by atomic mass is 19.1. The Morgan fingerprint density at radius 3 is 2.48 bits per heavy atom. The molecule has 0 aromatic carbocycles. The van der Waals surface area contributed by atoms with Gasteiger partial charge < -0.3 is 10.4 Å². The van der Waals surface area contributed by atoms with Gasteiger partial charge in [-0.15, -0.1) is 0 Å². The van der Waals surface area contributed by atoms with Crippen molar-refractivity contribution in [2.45, 2.75) is 76.7 Å². The van der Waals surface area contributed by atoms with Crippen LogP contribution in [-0.2, 0) is 0 Å². The van der Waals surface area contributed by atoms with Crippen LogP contribution in [0.25, 0.3) is 0 Å². The Morgan fingerprint density at radius 1 is 1.06 bits per heavy atom. The molecule has 5 nitrogen and oxygen atoms in total. The molecule has 2 aromatic rings. The zero-order chi connectivity index (χ0) is 22.0. The van der Waals surface area contributed by atoms with Crippen molar-refractivity contribution < 1.29 is 14.3 Å². The van der Waals surface area contributed by atoms with E-state index in [1.165, 1.54) is 18.6 Å². The van der Waals surface area contributed by atoms with Crippen LogP contribution in [0, 0.1) is 17.7 Å². The Labute approximate surface area is 183 Å². The minimum atomic E-state index is -0.344. The molecule has 1 amide bonds. The Bertz CT molecular complexity index is 917. The van der Waals surface area contributed by atoms with Crippen molar-refractivity contribution in [1.29, 1.82) is 0 Å². The molecule has 0 spiro atoms. The maximum absolute atomic E-state index is 14.4. The first kappa shape index (κ1) is 21.9. The monoisotopic (exact) mass is 425 g/mol. The fraction of sp³-hybridized carbons (Fsp3) is 0.560. The number of anilines is 1. The normalized spacial score (nSPS) is 27.1. The highest BCUT2D eigenvalue weighted by Crippen LogP contribution is 2.41. The number of halogens is 1. The molecule has 2 fully saturated rings. The predicted molar refractivity (Wildman–Crippen MR) is 119 cm³/mol. The zero-order valence-electron chi connectivity index (χ0n) is 18.4. The summed E-state index contributed by atoms with van der Waals surface area (Å²) in [5.41, 5.74) is 2.35. The Kier molecular flexibility index (Phi) is 6.65. The molecule has 166 valence electrons. The predicted octanol–water partition coefficient (Wildman–Crippen LogP) is 5.43. The van der Waals surface area contributed by atoms with Gasteiger partial charge in [-0.05, 0) is 67.2 Å². The molecule has 2 unspecified atom stereocenters. The summed E-state index contributed by atoms with van der Waals surface area (Å²) in [4.78, 5) is 21.6. The molecular weight excluding hydrogens is 393 g/mol. The highest BCUT2D eigenvalue weighted by molar-refractivity contribution is 6.03. The van der Waals surface area contributed by atoms with Gasteiger partial charge >= 0.3 is 0 Å². The molecule has 0 radical (unpaired) electrons. The summed E-state index contributed by atoms with van der Waals surface area (Å²) in [7, 11) is 0. The average molecular weight is 426 g/mol. The van der Waals surface area contributed by atoms with Crippen molar-refractivity contribution in [1.82, 2.24) is 9.97 Å². The van der Waals surface area contributed by atoms with Gasteiger partial charge in [0.2, 0.25) is 0 Å². The van der Waals surface area contributed by atoms with E-state index in [2.05, 4.69) is 29.1 Å². The Balaban J connectivity index is 1.54. The number of aliphatic hydroxyl groups excluding tert-OH is 1. The molecule has 0 aliphatic heterocycles. The maximum Gasteiger partial charge on any atom is 0.274 e. The second-order valence-electron chi connectivity index (χ2n) is 9.43. The summed E-state index contributed by atoms with van der Waals surface area (Å²) < 4.78 is 14.4. The van der Waals surface area contributed by atoms with Crippen LogP contribution < -0.4 is 5.32 Å². The number of aromatic nitrogens is 2. The maximum atomic E-state index is 14.4. The molecule has 2 N–H and O–H groups in total. The van der Waals surface area contributed by atoms with Gasteiger partial charge in [0.25, 0.3) is 5.91 Å². The number of nitrogens with one attached hydrogen (secondary N) is 1. The SMILES string of the molecule is C[C@@H]1CC(c2ccncc2NC(=O)c2ccc(F)c(C3CCCCC3)n2)C[C@H](C)C1O. The van der Waals surface area contributed by atoms with Gasteiger partial charge in [-0.1, -0.05) is 33.1 Å². The van der Waals surface area contributed by atoms with E-state index in [1.54, 1.807) is 12.4 Å². The van der Waals surface area contributed by atoms with Gasteiger partial charge in [0.05, 0.1) is 23.7 Å². The third-order valence-corrected chi connectivity index (χ3v) is 7.12. The van der Waals surface area contributed by atoms with Crippen molar-refractivity contribution in [3.8, 4) is 0 Å².